The minimum atomic E-state index is -3.68. The summed E-state index contributed by atoms with van der Waals surface area (Å²) in [6.07, 6.45) is 1.07. The number of carbonyl (C=O) groups excluding carboxylic acids is 1. The maximum Gasteiger partial charge on any atom is 0.243 e. The van der Waals surface area contributed by atoms with Crippen molar-refractivity contribution in [3.05, 3.63) is 48.0 Å². The number of carbonyl (C=O) groups is 1. The fourth-order valence-electron chi connectivity index (χ4n) is 3.05. The molecule has 0 aliphatic carbocycles. The smallest absolute Gasteiger partial charge is 0.243 e. The summed E-state index contributed by atoms with van der Waals surface area (Å²) in [4.78, 5) is 12.7. The Morgan fingerprint density at radius 2 is 1.86 bits per heavy atom. The summed E-state index contributed by atoms with van der Waals surface area (Å²) in [6, 6.07) is 11.0. The van der Waals surface area contributed by atoms with Crippen LogP contribution in [0, 0.1) is 0 Å². The third kappa shape index (κ3) is 4.92. The zero-order valence-corrected chi connectivity index (χ0v) is 17.4. The summed E-state index contributed by atoms with van der Waals surface area (Å²) in [5.74, 6) is 1.50. The van der Waals surface area contributed by atoms with Gasteiger partial charge in [-0.05, 0) is 55.8 Å². The molecule has 9 heteroatoms. The van der Waals surface area contributed by atoms with Gasteiger partial charge in [0.15, 0.2) is 11.5 Å². The number of sulfonamides is 1. The van der Waals surface area contributed by atoms with Crippen LogP contribution in [0.25, 0.3) is 0 Å². The second-order valence-corrected chi connectivity index (χ2v) is 8.43. The topological polar surface area (TPSA) is 94.2 Å². The number of nitrogens with one attached hydrogen (secondary N) is 1. The molecule has 1 aliphatic rings. The first-order valence-corrected chi connectivity index (χ1v) is 11.0. The highest BCUT2D eigenvalue weighted by Crippen LogP contribution is 2.32. The average molecular weight is 420 g/mol. The lowest BCUT2D eigenvalue weighted by Crippen LogP contribution is -2.47. The monoisotopic (exact) mass is 420 g/mol. The number of nitrogens with zero attached hydrogens (tertiary/aromatic N) is 1. The van der Waals surface area contributed by atoms with Crippen LogP contribution in [-0.4, -0.2) is 40.0 Å². The lowest BCUT2D eigenvalue weighted by atomic mass is 10.2. The Morgan fingerprint density at radius 3 is 2.52 bits per heavy atom. The maximum absolute atomic E-state index is 12.7. The SMILES string of the molecule is CCOc1ccc(N(C(C)C(=O)NCc2ccc3c(c2)OCO3)S(C)(=O)=O)cc1. The molecule has 0 saturated heterocycles. The first kappa shape index (κ1) is 20.8. The Morgan fingerprint density at radius 1 is 1.17 bits per heavy atom. The molecule has 156 valence electrons. The first-order chi connectivity index (χ1) is 13.8. The Bertz CT molecular complexity index is 975. The molecule has 1 N–H and O–H groups in total. The van der Waals surface area contributed by atoms with E-state index in [9.17, 15) is 13.2 Å². The van der Waals surface area contributed by atoms with E-state index in [4.69, 9.17) is 14.2 Å². The summed E-state index contributed by atoms with van der Waals surface area (Å²) in [5, 5.41) is 2.78. The van der Waals surface area contributed by atoms with Crippen molar-refractivity contribution in [1.82, 2.24) is 5.32 Å². The van der Waals surface area contributed by atoms with Gasteiger partial charge in [-0.1, -0.05) is 6.07 Å². The molecule has 0 aromatic heterocycles. The van der Waals surface area contributed by atoms with Crippen LogP contribution in [0.5, 0.6) is 17.2 Å². The van der Waals surface area contributed by atoms with Crippen molar-refractivity contribution < 1.29 is 27.4 Å². The van der Waals surface area contributed by atoms with E-state index in [1.54, 1.807) is 43.3 Å². The summed E-state index contributed by atoms with van der Waals surface area (Å²) >= 11 is 0. The van der Waals surface area contributed by atoms with Gasteiger partial charge in [-0.2, -0.15) is 0 Å². The molecule has 0 bridgehead atoms. The Kier molecular flexibility index (Phi) is 6.17. The van der Waals surface area contributed by atoms with E-state index >= 15 is 0 Å². The van der Waals surface area contributed by atoms with Crippen LogP contribution in [0.15, 0.2) is 42.5 Å². The van der Waals surface area contributed by atoms with Gasteiger partial charge in [-0.25, -0.2) is 8.42 Å². The normalized spacial score (nSPS) is 13.6. The predicted octanol–water partition coefficient (Wildman–Crippen LogP) is 2.28. The lowest BCUT2D eigenvalue weighted by molar-refractivity contribution is -0.122. The largest absolute Gasteiger partial charge is 0.494 e. The van der Waals surface area contributed by atoms with Crippen LogP contribution < -0.4 is 23.8 Å². The van der Waals surface area contributed by atoms with Crippen LogP contribution in [0.3, 0.4) is 0 Å². The minimum Gasteiger partial charge on any atom is -0.494 e. The number of fused-ring (bicyclic) bond motifs is 1. The molecular weight excluding hydrogens is 396 g/mol. The summed E-state index contributed by atoms with van der Waals surface area (Å²) < 4.78 is 41.8. The lowest BCUT2D eigenvalue weighted by Gasteiger charge is -2.28. The van der Waals surface area contributed by atoms with Crippen molar-refractivity contribution >= 4 is 21.6 Å². The average Bonchev–Trinajstić information content (AvgIpc) is 3.14. The van der Waals surface area contributed by atoms with E-state index in [0.29, 0.717) is 29.5 Å². The van der Waals surface area contributed by atoms with Gasteiger partial charge in [0.05, 0.1) is 18.6 Å². The fraction of sp³-hybridized carbons (Fsp3) is 0.350. The third-order valence-corrected chi connectivity index (χ3v) is 5.64. The fourth-order valence-corrected chi connectivity index (χ4v) is 4.23. The molecule has 0 fully saturated rings. The molecule has 2 aromatic carbocycles. The molecule has 3 rings (SSSR count). The molecule has 2 aromatic rings. The second kappa shape index (κ2) is 8.60. The van der Waals surface area contributed by atoms with Gasteiger partial charge < -0.3 is 19.5 Å². The van der Waals surface area contributed by atoms with Crippen molar-refractivity contribution in [2.75, 3.05) is 24.0 Å². The van der Waals surface area contributed by atoms with E-state index in [2.05, 4.69) is 5.32 Å². The van der Waals surface area contributed by atoms with Crippen LogP contribution >= 0.6 is 0 Å². The molecule has 1 heterocycles. The highest BCUT2D eigenvalue weighted by Gasteiger charge is 2.29. The number of rotatable bonds is 8. The first-order valence-electron chi connectivity index (χ1n) is 9.18. The molecule has 29 heavy (non-hydrogen) atoms. The number of hydrogen-bond acceptors (Lipinski definition) is 6. The molecule has 1 unspecified atom stereocenters. The van der Waals surface area contributed by atoms with Gasteiger partial charge in [0.2, 0.25) is 22.7 Å². The highest BCUT2D eigenvalue weighted by molar-refractivity contribution is 7.92. The standard InChI is InChI=1S/C20H24N2O6S/c1-4-26-17-8-6-16(7-9-17)22(29(3,24)25)14(2)20(23)21-12-15-5-10-18-19(11-15)28-13-27-18/h5-11,14H,4,12-13H2,1-3H3,(H,21,23). The highest BCUT2D eigenvalue weighted by atomic mass is 32.2. The van der Waals surface area contributed by atoms with Crippen molar-refractivity contribution in [1.29, 1.82) is 0 Å². The van der Waals surface area contributed by atoms with Crippen molar-refractivity contribution in [3.8, 4) is 17.2 Å². The Hall–Kier alpha value is -2.94. The van der Waals surface area contributed by atoms with Crippen LogP contribution in [0.4, 0.5) is 5.69 Å². The van der Waals surface area contributed by atoms with Crippen molar-refractivity contribution in [2.45, 2.75) is 26.4 Å². The molecule has 0 radical (unpaired) electrons. The maximum atomic E-state index is 12.7. The van der Waals surface area contributed by atoms with E-state index in [-0.39, 0.29) is 13.3 Å². The van der Waals surface area contributed by atoms with Gasteiger partial charge in [0.25, 0.3) is 0 Å². The van der Waals surface area contributed by atoms with Crippen LogP contribution in [0.2, 0.25) is 0 Å². The van der Waals surface area contributed by atoms with Crippen molar-refractivity contribution in [2.24, 2.45) is 0 Å². The molecule has 1 aliphatic heterocycles. The Balaban J connectivity index is 1.71. The van der Waals surface area contributed by atoms with Gasteiger partial charge in [0, 0.05) is 6.54 Å². The summed E-state index contributed by atoms with van der Waals surface area (Å²) in [6.45, 7) is 4.33. The van der Waals surface area contributed by atoms with Gasteiger partial charge in [-0.3, -0.25) is 9.10 Å². The van der Waals surface area contributed by atoms with Crippen LogP contribution in [0.1, 0.15) is 19.4 Å². The van der Waals surface area contributed by atoms with Gasteiger partial charge in [-0.15, -0.1) is 0 Å². The number of benzene rings is 2. The number of amides is 1. The van der Waals surface area contributed by atoms with Gasteiger partial charge >= 0.3 is 0 Å². The molecule has 1 amide bonds. The molecule has 1 atom stereocenters. The van der Waals surface area contributed by atoms with E-state index in [0.717, 1.165) is 16.1 Å². The number of anilines is 1. The molecule has 0 saturated carbocycles. The molecule has 8 nitrogen and oxygen atoms in total. The predicted molar refractivity (Wildman–Crippen MR) is 109 cm³/mol. The third-order valence-electron chi connectivity index (χ3n) is 4.39. The summed E-state index contributed by atoms with van der Waals surface area (Å²) in [7, 11) is -3.68. The zero-order chi connectivity index (χ0) is 21.0. The van der Waals surface area contributed by atoms with E-state index < -0.39 is 22.0 Å². The second-order valence-electron chi connectivity index (χ2n) is 6.57. The van der Waals surface area contributed by atoms with Crippen molar-refractivity contribution in [3.63, 3.8) is 0 Å². The quantitative estimate of drug-likeness (QED) is 0.704. The summed E-state index contributed by atoms with van der Waals surface area (Å²) in [5.41, 5.74) is 1.21. The number of ether oxygens (including phenoxy) is 3. The zero-order valence-electron chi connectivity index (χ0n) is 16.5. The van der Waals surface area contributed by atoms with Crippen LogP contribution in [-0.2, 0) is 21.4 Å². The van der Waals surface area contributed by atoms with E-state index in [1.165, 1.54) is 0 Å². The van der Waals surface area contributed by atoms with Gasteiger partial charge in [0.1, 0.15) is 11.8 Å². The number of hydrogen-bond donors (Lipinski definition) is 1. The minimum absolute atomic E-state index is 0.174. The van der Waals surface area contributed by atoms with E-state index in [1.807, 2.05) is 13.0 Å². The molecule has 0 spiro atoms. The molecular formula is C20H24N2O6S. The Labute approximate surface area is 170 Å².